The highest BCUT2D eigenvalue weighted by Gasteiger charge is 2.35. The molecule has 0 aliphatic rings. The molecule has 0 amide bonds. The Hall–Kier alpha value is -0.980. The number of hydrogen-bond donors (Lipinski definition) is 2. The van der Waals surface area contributed by atoms with Crippen molar-refractivity contribution >= 4 is 11.8 Å². The summed E-state index contributed by atoms with van der Waals surface area (Å²) in [6.07, 6.45) is 15.9. The summed E-state index contributed by atoms with van der Waals surface area (Å²) < 4.78 is 4.96. The second-order valence-electron chi connectivity index (χ2n) is 13.2. The molecule has 0 aromatic rings. The maximum Gasteiger partial charge on any atom is 0.311 e. The first-order chi connectivity index (χ1) is 18.3. The average molecular weight is 556 g/mol. The maximum atomic E-state index is 11.9. The van der Waals surface area contributed by atoms with Gasteiger partial charge in [0.15, 0.2) is 0 Å². The predicted octanol–water partition coefficient (Wildman–Crippen LogP) is 7.37. The monoisotopic (exact) mass is 556 g/mol. The fourth-order valence-electron chi connectivity index (χ4n) is 5.73. The lowest BCUT2D eigenvalue weighted by Crippen LogP contribution is -2.32. The summed E-state index contributed by atoms with van der Waals surface area (Å²) in [5.74, 6) is 1.87. The van der Waals surface area contributed by atoms with Gasteiger partial charge in [0.1, 0.15) is 5.78 Å². The highest BCUT2D eigenvalue weighted by molar-refractivity contribution is 5.77. The first kappa shape index (κ1) is 40.2. The number of carbonyl (C=O) groups excluding carboxylic acids is 2. The van der Waals surface area contributed by atoms with Crippen molar-refractivity contribution in [1.82, 2.24) is 4.90 Å². The maximum absolute atomic E-state index is 11.9. The van der Waals surface area contributed by atoms with Gasteiger partial charge < -0.3 is 16.2 Å². The van der Waals surface area contributed by atoms with Crippen LogP contribution in [0, 0.1) is 22.7 Å². The Bertz CT molecular complexity index is 607. The van der Waals surface area contributed by atoms with E-state index in [1.807, 2.05) is 13.8 Å². The van der Waals surface area contributed by atoms with Crippen molar-refractivity contribution in [2.45, 2.75) is 139 Å². The zero-order chi connectivity index (χ0) is 30.3. The topological polar surface area (TPSA) is 98.6 Å². The molecule has 0 fully saturated rings. The van der Waals surface area contributed by atoms with Gasteiger partial charge in [-0.2, -0.15) is 0 Å². The first-order valence-electron chi connectivity index (χ1n) is 16.0. The Balaban J connectivity index is 0. The summed E-state index contributed by atoms with van der Waals surface area (Å²) in [5.41, 5.74) is 10.6. The van der Waals surface area contributed by atoms with Crippen molar-refractivity contribution in [3.63, 3.8) is 0 Å². The molecule has 0 aliphatic heterocycles. The molecule has 6 heteroatoms. The highest BCUT2D eigenvalue weighted by Crippen LogP contribution is 2.38. The Morgan fingerprint density at radius 1 is 0.846 bits per heavy atom. The Labute approximate surface area is 243 Å². The lowest BCUT2D eigenvalue weighted by Gasteiger charge is -2.33. The van der Waals surface area contributed by atoms with Crippen LogP contribution in [0.5, 0.6) is 0 Å². The summed E-state index contributed by atoms with van der Waals surface area (Å²) >= 11 is 0. The molecule has 0 radical (unpaired) electrons. The van der Waals surface area contributed by atoms with E-state index in [2.05, 4.69) is 39.5 Å². The van der Waals surface area contributed by atoms with Gasteiger partial charge in [-0.1, -0.05) is 86.0 Å². The number of methoxy groups -OCH3 is 1. The SMILES string of the molecule is CC(=O)CN(CCCN)CCCCN.CCCCCC(CCCCC(C)(C)CC(C)(C)C(=O)OC)C(C)CC. The molecule has 0 aliphatic carbocycles. The van der Waals surface area contributed by atoms with Gasteiger partial charge in [-0.15, -0.1) is 0 Å². The largest absolute Gasteiger partial charge is 0.469 e. The Morgan fingerprint density at radius 3 is 1.90 bits per heavy atom. The number of nitrogens with zero attached hydrogens (tertiary/aromatic N) is 1. The second-order valence-corrected chi connectivity index (χ2v) is 13.2. The standard InChI is InChI=1S/C23H46O2.C10H23N3O/c1-9-11-12-15-20(19(3)10-2)16-13-14-17-22(4,5)18-23(6,7)21(24)25-8;1-10(14)9-13(8-4-6-12)7-3-2-5-11/h19-20H,9-18H2,1-8H3;2-9,11-12H2,1H3. The molecule has 0 spiro atoms. The van der Waals surface area contributed by atoms with Crippen molar-refractivity contribution < 1.29 is 14.3 Å². The second kappa shape index (κ2) is 23.7. The van der Waals surface area contributed by atoms with Crippen LogP contribution in [-0.2, 0) is 14.3 Å². The lowest BCUT2D eigenvalue weighted by atomic mass is 9.72. The van der Waals surface area contributed by atoms with Crippen molar-refractivity contribution in [1.29, 1.82) is 0 Å². The van der Waals surface area contributed by atoms with Crippen molar-refractivity contribution in [2.75, 3.05) is 39.8 Å². The van der Waals surface area contributed by atoms with E-state index in [9.17, 15) is 9.59 Å². The third kappa shape index (κ3) is 22.4. The number of ketones is 1. The fraction of sp³-hybridized carbons (Fsp3) is 0.939. The predicted molar refractivity (Wildman–Crippen MR) is 169 cm³/mol. The van der Waals surface area contributed by atoms with Crippen LogP contribution < -0.4 is 11.5 Å². The molecule has 0 aromatic carbocycles. The quantitative estimate of drug-likeness (QED) is 0.101. The molecule has 39 heavy (non-hydrogen) atoms. The van der Waals surface area contributed by atoms with Crippen LogP contribution in [0.15, 0.2) is 0 Å². The number of ether oxygens (including phenoxy) is 1. The molecule has 2 atom stereocenters. The summed E-state index contributed by atoms with van der Waals surface area (Å²) in [4.78, 5) is 25.1. The molecule has 0 heterocycles. The Kier molecular flexibility index (Phi) is 24.4. The van der Waals surface area contributed by atoms with Crippen LogP contribution in [0.4, 0.5) is 0 Å². The molecular formula is C33H69N3O3. The van der Waals surface area contributed by atoms with Gasteiger partial charge in [-0.3, -0.25) is 14.5 Å². The third-order valence-corrected chi connectivity index (χ3v) is 8.02. The summed E-state index contributed by atoms with van der Waals surface area (Å²) in [6, 6.07) is 0. The minimum Gasteiger partial charge on any atom is -0.469 e. The van der Waals surface area contributed by atoms with Crippen LogP contribution in [0.25, 0.3) is 0 Å². The molecule has 0 saturated carbocycles. The highest BCUT2D eigenvalue weighted by atomic mass is 16.5. The molecular weight excluding hydrogens is 486 g/mol. The number of Topliss-reactive ketones (excluding diaryl/α,β-unsaturated/α-hetero) is 1. The first-order valence-corrected chi connectivity index (χ1v) is 16.0. The van der Waals surface area contributed by atoms with Crippen LogP contribution in [0.2, 0.25) is 0 Å². The number of esters is 1. The normalized spacial score (nSPS) is 13.5. The minimum absolute atomic E-state index is 0.0895. The van der Waals surface area contributed by atoms with Crippen LogP contribution >= 0.6 is 0 Å². The van der Waals surface area contributed by atoms with Crippen molar-refractivity contribution in [3.8, 4) is 0 Å². The third-order valence-electron chi connectivity index (χ3n) is 8.02. The number of nitrogens with two attached hydrogens (primary N) is 2. The van der Waals surface area contributed by atoms with E-state index in [0.717, 1.165) is 57.2 Å². The Morgan fingerprint density at radius 2 is 1.41 bits per heavy atom. The summed E-state index contributed by atoms with van der Waals surface area (Å²) in [7, 11) is 1.49. The molecule has 6 nitrogen and oxygen atoms in total. The van der Waals surface area contributed by atoms with Crippen LogP contribution in [-0.4, -0.2) is 56.5 Å². The van der Waals surface area contributed by atoms with E-state index in [0.29, 0.717) is 13.1 Å². The molecule has 2 unspecified atom stereocenters. The lowest BCUT2D eigenvalue weighted by molar-refractivity contribution is -0.152. The molecule has 0 saturated heterocycles. The summed E-state index contributed by atoms with van der Waals surface area (Å²) in [6.45, 7) is 21.1. The van der Waals surface area contributed by atoms with Crippen molar-refractivity contribution in [2.24, 2.45) is 34.1 Å². The van der Waals surface area contributed by atoms with Gasteiger partial charge in [-0.25, -0.2) is 0 Å². The average Bonchev–Trinajstić information content (AvgIpc) is 2.87. The van der Waals surface area contributed by atoms with Gasteiger partial charge in [0.25, 0.3) is 0 Å². The molecule has 0 rings (SSSR count). The van der Waals surface area contributed by atoms with Crippen LogP contribution in [0.1, 0.15) is 139 Å². The smallest absolute Gasteiger partial charge is 0.311 e. The number of unbranched alkanes of at least 4 members (excludes halogenated alkanes) is 4. The van der Waals surface area contributed by atoms with Crippen molar-refractivity contribution in [3.05, 3.63) is 0 Å². The molecule has 234 valence electrons. The van der Waals surface area contributed by atoms with E-state index in [4.69, 9.17) is 16.2 Å². The molecule has 0 bridgehead atoms. The van der Waals surface area contributed by atoms with E-state index in [-0.39, 0.29) is 17.2 Å². The zero-order valence-corrected chi connectivity index (χ0v) is 27.7. The van der Waals surface area contributed by atoms with E-state index >= 15 is 0 Å². The van der Waals surface area contributed by atoms with Gasteiger partial charge in [-0.05, 0) is 96.3 Å². The fourth-order valence-corrected chi connectivity index (χ4v) is 5.73. The van der Waals surface area contributed by atoms with E-state index in [1.165, 1.54) is 64.9 Å². The van der Waals surface area contributed by atoms with Gasteiger partial charge in [0.2, 0.25) is 0 Å². The van der Waals surface area contributed by atoms with Gasteiger partial charge in [0, 0.05) is 0 Å². The number of carbonyl (C=O) groups is 2. The molecule has 4 N–H and O–H groups in total. The number of hydrogen-bond acceptors (Lipinski definition) is 6. The van der Waals surface area contributed by atoms with Gasteiger partial charge in [0.05, 0.1) is 19.1 Å². The van der Waals surface area contributed by atoms with Gasteiger partial charge >= 0.3 is 5.97 Å². The van der Waals surface area contributed by atoms with E-state index in [1.54, 1.807) is 6.92 Å². The van der Waals surface area contributed by atoms with E-state index < -0.39 is 5.41 Å². The summed E-state index contributed by atoms with van der Waals surface area (Å²) in [5, 5.41) is 0. The number of rotatable bonds is 23. The minimum atomic E-state index is -0.391. The molecule has 0 aromatic heterocycles. The zero-order valence-electron chi connectivity index (χ0n) is 27.7. The van der Waals surface area contributed by atoms with Crippen LogP contribution in [0.3, 0.4) is 0 Å².